The van der Waals surface area contributed by atoms with Crippen molar-refractivity contribution in [3.63, 3.8) is 0 Å². The fraction of sp³-hybridized carbons (Fsp3) is 0.0714. The average molecular weight is 340 g/mol. The Bertz CT molecular complexity index is 685. The zero-order chi connectivity index (χ0) is 16.1. The number of pyridine rings is 1. The van der Waals surface area contributed by atoms with E-state index >= 15 is 0 Å². The molecule has 0 saturated heterocycles. The monoisotopic (exact) mass is 339 g/mol. The number of benzene rings is 1. The first kappa shape index (κ1) is 16.1. The minimum atomic E-state index is -0.573. The number of aromatic nitrogens is 1. The summed E-state index contributed by atoms with van der Waals surface area (Å²) in [5.74, 6) is -0.840. The normalized spacial score (nSPS) is 9.95. The van der Waals surface area contributed by atoms with Gasteiger partial charge in [0.15, 0.2) is 5.75 Å². The molecule has 6 nitrogen and oxygen atoms in total. The molecule has 0 saturated carbocycles. The van der Waals surface area contributed by atoms with Crippen LogP contribution in [0.1, 0.15) is 20.8 Å². The summed E-state index contributed by atoms with van der Waals surface area (Å²) in [6.45, 7) is 0. The number of nitrogens with zero attached hydrogens (tertiary/aromatic N) is 1. The molecule has 2 rings (SSSR count). The van der Waals surface area contributed by atoms with Crippen molar-refractivity contribution in [3.05, 3.63) is 57.8 Å². The second-order valence-corrected chi connectivity index (χ2v) is 4.91. The summed E-state index contributed by atoms with van der Waals surface area (Å²) in [6.07, 6.45) is 1.47. The quantitative estimate of drug-likeness (QED) is 0.842. The van der Waals surface area contributed by atoms with E-state index in [0.717, 1.165) is 0 Å². The minimum absolute atomic E-state index is 0.175. The maximum absolute atomic E-state index is 12.0. The first-order chi connectivity index (χ1) is 10.5. The highest BCUT2D eigenvalue weighted by Crippen LogP contribution is 2.33. The first-order valence-corrected chi connectivity index (χ1v) is 6.83. The highest BCUT2D eigenvalue weighted by molar-refractivity contribution is 6.37. The molecule has 0 fully saturated rings. The van der Waals surface area contributed by atoms with E-state index < -0.39 is 11.8 Å². The van der Waals surface area contributed by atoms with Crippen molar-refractivity contribution in [2.75, 3.05) is 7.11 Å². The molecule has 1 aromatic heterocycles. The van der Waals surface area contributed by atoms with Crippen LogP contribution in [0.15, 0.2) is 36.5 Å². The molecule has 8 heteroatoms. The van der Waals surface area contributed by atoms with Gasteiger partial charge in [-0.05, 0) is 24.3 Å². The van der Waals surface area contributed by atoms with E-state index in [4.69, 9.17) is 27.9 Å². The smallest absolute Gasteiger partial charge is 0.288 e. The standard InChI is InChI=1S/C14H11Cl2N3O3/c1-22-12-9(15)6-8(7-10(12)16)13(20)18-19-14(21)11-4-2-3-5-17-11/h2-7H,1H3,(H,18,20)(H,19,21). The third-order valence-corrected chi connectivity index (χ3v) is 3.21. The zero-order valence-electron chi connectivity index (χ0n) is 11.4. The van der Waals surface area contributed by atoms with Crippen LogP contribution in [-0.4, -0.2) is 23.9 Å². The van der Waals surface area contributed by atoms with Gasteiger partial charge in [-0.3, -0.25) is 25.4 Å². The molecule has 0 aliphatic rings. The molecule has 2 aromatic rings. The van der Waals surface area contributed by atoms with Crippen LogP contribution < -0.4 is 15.6 Å². The number of ether oxygens (including phenoxy) is 1. The van der Waals surface area contributed by atoms with Crippen molar-refractivity contribution >= 4 is 35.0 Å². The molecular weight excluding hydrogens is 329 g/mol. The van der Waals surface area contributed by atoms with E-state index in [1.54, 1.807) is 12.1 Å². The van der Waals surface area contributed by atoms with Gasteiger partial charge in [-0.1, -0.05) is 29.3 Å². The number of carbonyl (C=O) groups excluding carboxylic acids is 2. The van der Waals surface area contributed by atoms with Gasteiger partial charge < -0.3 is 4.74 Å². The number of amides is 2. The van der Waals surface area contributed by atoms with Crippen molar-refractivity contribution in [1.29, 1.82) is 0 Å². The van der Waals surface area contributed by atoms with Crippen molar-refractivity contribution < 1.29 is 14.3 Å². The fourth-order valence-electron chi connectivity index (χ4n) is 1.63. The zero-order valence-corrected chi connectivity index (χ0v) is 12.9. The van der Waals surface area contributed by atoms with E-state index in [9.17, 15) is 9.59 Å². The topological polar surface area (TPSA) is 80.3 Å². The van der Waals surface area contributed by atoms with Gasteiger partial charge in [0, 0.05) is 11.8 Å². The number of hydrazine groups is 1. The predicted octanol–water partition coefficient (Wildman–Crippen LogP) is 2.47. The molecule has 0 radical (unpaired) electrons. The van der Waals surface area contributed by atoms with Gasteiger partial charge in [0.2, 0.25) is 0 Å². The van der Waals surface area contributed by atoms with Crippen molar-refractivity contribution in [2.45, 2.75) is 0 Å². The van der Waals surface area contributed by atoms with Gasteiger partial charge in [-0.2, -0.15) is 0 Å². The Hall–Kier alpha value is -2.31. The van der Waals surface area contributed by atoms with Crippen LogP contribution in [0.25, 0.3) is 0 Å². The number of hydrogen-bond donors (Lipinski definition) is 2. The Morgan fingerprint density at radius 1 is 1.09 bits per heavy atom. The SMILES string of the molecule is COc1c(Cl)cc(C(=O)NNC(=O)c2ccccn2)cc1Cl. The number of hydrogen-bond acceptors (Lipinski definition) is 4. The molecule has 0 bridgehead atoms. The molecule has 0 aliphatic heterocycles. The molecule has 1 aromatic carbocycles. The van der Waals surface area contributed by atoms with Crippen LogP contribution in [0.5, 0.6) is 5.75 Å². The Morgan fingerprint density at radius 3 is 2.27 bits per heavy atom. The van der Waals surface area contributed by atoms with Gasteiger partial charge in [0.05, 0.1) is 17.2 Å². The summed E-state index contributed by atoms with van der Waals surface area (Å²) in [5, 5.41) is 0.382. The van der Waals surface area contributed by atoms with E-state index in [-0.39, 0.29) is 27.1 Å². The minimum Gasteiger partial charge on any atom is -0.494 e. The van der Waals surface area contributed by atoms with Gasteiger partial charge in [0.1, 0.15) is 5.69 Å². The molecule has 114 valence electrons. The lowest BCUT2D eigenvalue weighted by molar-refractivity contribution is 0.0844. The molecule has 22 heavy (non-hydrogen) atoms. The predicted molar refractivity (Wildman–Crippen MR) is 82.2 cm³/mol. The Labute approximate surface area is 136 Å². The van der Waals surface area contributed by atoms with Gasteiger partial charge in [-0.15, -0.1) is 0 Å². The maximum atomic E-state index is 12.0. The maximum Gasteiger partial charge on any atom is 0.288 e. The molecule has 0 unspecified atom stereocenters. The van der Waals surface area contributed by atoms with E-state index in [1.165, 1.54) is 31.5 Å². The fourth-order valence-corrected chi connectivity index (χ4v) is 2.27. The summed E-state index contributed by atoms with van der Waals surface area (Å²) >= 11 is 11.9. The summed E-state index contributed by atoms with van der Waals surface area (Å²) in [6, 6.07) is 7.62. The molecule has 2 amide bonds. The lowest BCUT2D eigenvalue weighted by atomic mass is 10.2. The molecular formula is C14H11Cl2N3O3. The largest absolute Gasteiger partial charge is 0.494 e. The third-order valence-electron chi connectivity index (χ3n) is 2.65. The Kier molecular flexibility index (Phi) is 5.19. The molecule has 2 N–H and O–H groups in total. The van der Waals surface area contributed by atoms with Crippen LogP contribution in [0.2, 0.25) is 10.0 Å². The van der Waals surface area contributed by atoms with Gasteiger partial charge in [0.25, 0.3) is 11.8 Å². The second kappa shape index (κ2) is 7.11. The van der Waals surface area contributed by atoms with Crippen LogP contribution in [-0.2, 0) is 0 Å². The van der Waals surface area contributed by atoms with Crippen LogP contribution in [0.3, 0.4) is 0 Å². The lowest BCUT2D eigenvalue weighted by Gasteiger charge is -2.10. The van der Waals surface area contributed by atoms with Crippen molar-refractivity contribution in [1.82, 2.24) is 15.8 Å². The summed E-state index contributed by atoms with van der Waals surface area (Å²) in [4.78, 5) is 27.6. The second-order valence-electron chi connectivity index (χ2n) is 4.10. The van der Waals surface area contributed by atoms with E-state index in [2.05, 4.69) is 15.8 Å². The van der Waals surface area contributed by atoms with Crippen LogP contribution >= 0.6 is 23.2 Å². The van der Waals surface area contributed by atoms with Crippen molar-refractivity contribution in [3.8, 4) is 5.75 Å². The molecule has 1 heterocycles. The average Bonchev–Trinajstić information content (AvgIpc) is 2.52. The highest BCUT2D eigenvalue weighted by Gasteiger charge is 2.14. The van der Waals surface area contributed by atoms with Gasteiger partial charge >= 0.3 is 0 Å². The van der Waals surface area contributed by atoms with Crippen molar-refractivity contribution in [2.24, 2.45) is 0 Å². The Morgan fingerprint density at radius 2 is 1.73 bits per heavy atom. The summed E-state index contributed by atoms with van der Waals surface area (Å²) in [5.41, 5.74) is 4.85. The summed E-state index contributed by atoms with van der Waals surface area (Å²) < 4.78 is 4.99. The number of carbonyl (C=O) groups is 2. The number of halogens is 2. The number of rotatable bonds is 3. The highest BCUT2D eigenvalue weighted by atomic mass is 35.5. The lowest BCUT2D eigenvalue weighted by Crippen LogP contribution is -2.41. The van der Waals surface area contributed by atoms with E-state index in [1.807, 2.05) is 0 Å². The first-order valence-electron chi connectivity index (χ1n) is 6.07. The van der Waals surface area contributed by atoms with Gasteiger partial charge in [-0.25, -0.2) is 0 Å². The van der Waals surface area contributed by atoms with Crippen LogP contribution in [0, 0.1) is 0 Å². The summed E-state index contributed by atoms with van der Waals surface area (Å²) in [7, 11) is 1.42. The Balaban J connectivity index is 2.06. The van der Waals surface area contributed by atoms with Crippen LogP contribution in [0.4, 0.5) is 0 Å². The molecule has 0 spiro atoms. The molecule has 0 aliphatic carbocycles. The third kappa shape index (κ3) is 3.66. The number of nitrogens with one attached hydrogen (secondary N) is 2. The van der Waals surface area contributed by atoms with E-state index in [0.29, 0.717) is 0 Å². The number of methoxy groups -OCH3 is 1. The molecule has 0 atom stereocenters.